The SMILES string of the molecule is O=C1CC(N(Cc2cccs2)C(=O)COc2ccccc2)C(=O)N1c1ccccc1. The summed E-state index contributed by atoms with van der Waals surface area (Å²) in [7, 11) is 0. The number of ether oxygens (including phenoxy) is 1. The highest BCUT2D eigenvalue weighted by molar-refractivity contribution is 7.09. The Morgan fingerprint density at radius 2 is 1.70 bits per heavy atom. The van der Waals surface area contributed by atoms with E-state index in [1.807, 2.05) is 41.8 Å². The molecule has 0 saturated carbocycles. The summed E-state index contributed by atoms with van der Waals surface area (Å²) in [5.74, 6) is -0.477. The van der Waals surface area contributed by atoms with Crippen molar-refractivity contribution in [1.82, 2.24) is 4.90 Å². The lowest BCUT2D eigenvalue weighted by atomic mass is 10.2. The normalized spacial score (nSPS) is 16.0. The molecular formula is C23H20N2O4S. The molecule has 0 radical (unpaired) electrons. The van der Waals surface area contributed by atoms with Crippen LogP contribution in [-0.4, -0.2) is 35.3 Å². The van der Waals surface area contributed by atoms with E-state index in [0.717, 1.165) is 9.78 Å². The molecule has 1 atom stereocenters. The van der Waals surface area contributed by atoms with Gasteiger partial charge in [-0.05, 0) is 35.7 Å². The van der Waals surface area contributed by atoms with Crippen molar-refractivity contribution in [3.05, 3.63) is 83.1 Å². The third kappa shape index (κ3) is 4.26. The number of carbonyl (C=O) groups excluding carboxylic acids is 3. The first-order valence-corrected chi connectivity index (χ1v) is 10.4. The van der Waals surface area contributed by atoms with E-state index in [0.29, 0.717) is 11.4 Å². The van der Waals surface area contributed by atoms with Crippen LogP contribution in [0.25, 0.3) is 0 Å². The first-order valence-electron chi connectivity index (χ1n) is 9.55. The van der Waals surface area contributed by atoms with E-state index in [4.69, 9.17) is 4.74 Å². The van der Waals surface area contributed by atoms with Gasteiger partial charge in [-0.25, -0.2) is 4.90 Å². The summed E-state index contributed by atoms with van der Waals surface area (Å²) in [4.78, 5) is 42.4. The number of hydrogen-bond donors (Lipinski definition) is 0. The van der Waals surface area contributed by atoms with Gasteiger partial charge < -0.3 is 9.64 Å². The van der Waals surface area contributed by atoms with Gasteiger partial charge in [0, 0.05) is 4.88 Å². The number of rotatable bonds is 7. The second-order valence-corrected chi connectivity index (χ2v) is 7.86. The minimum atomic E-state index is -0.855. The number of nitrogens with zero attached hydrogens (tertiary/aromatic N) is 2. The predicted octanol–water partition coefficient (Wildman–Crippen LogP) is 3.49. The van der Waals surface area contributed by atoms with Crippen molar-refractivity contribution in [2.75, 3.05) is 11.5 Å². The summed E-state index contributed by atoms with van der Waals surface area (Å²) >= 11 is 1.50. The standard InChI is InChI=1S/C23H20N2O4S/c26-21-14-20(23(28)25(21)17-8-3-1-4-9-17)24(15-19-12-7-13-30-19)22(27)16-29-18-10-5-2-6-11-18/h1-13,20H,14-16H2. The molecule has 7 heteroatoms. The molecule has 1 aliphatic rings. The molecule has 3 aromatic rings. The highest BCUT2D eigenvalue weighted by Crippen LogP contribution is 2.27. The van der Waals surface area contributed by atoms with Crippen LogP contribution >= 0.6 is 11.3 Å². The lowest BCUT2D eigenvalue weighted by Crippen LogP contribution is -2.46. The molecular weight excluding hydrogens is 400 g/mol. The fourth-order valence-corrected chi connectivity index (χ4v) is 4.10. The number of hydrogen-bond acceptors (Lipinski definition) is 5. The number of benzene rings is 2. The molecule has 1 saturated heterocycles. The highest BCUT2D eigenvalue weighted by Gasteiger charge is 2.44. The van der Waals surface area contributed by atoms with Crippen molar-refractivity contribution in [2.24, 2.45) is 0 Å². The number of para-hydroxylation sites is 2. The molecule has 0 spiro atoms. The Kier molecular flexibility index (Phi) is 5.90. The Morgan fingerprint density at radius 1 is 1.00 bits per heavy atom. The maximum absolute atomic E-state index is 13.1. The fraction of sp³-hybridized carbons (Fsp3) is 0.174. The molecule has 0 bridgehead atoms. The van der Waals surface area contributed by atoms with Gasteiger partial charge in [-0.2, -0.15) is 0 Å². The number of thiophene rings is 1. The third-order valence-electron chi connectivity index (χ3n) is 4.85. The van der Waals surface area contributed by atoms with Gasteiger partial charge in [0.15, 0.2) is 6.61 Å². The third-order valence-corrected chi connectivity index (χ3v) is 5.71. The van der Waals surface area contributed by atoms with Crippen LogP contribution in [0.3, 0.4) is 0 Å². The van der Waals surface area contributed by atoms with Crippen LogP contribution in [0.5, 0.6) is 5.75 Å². The van der Waals surface area contributed by atoms with E-state index < -0.39 is 11.9 Å². The van der Waals surface area contributed by atoms with Crippen LogP contribution in [0.15, 0.2) is 78.2 Å². The van der Waals surface area contributed by atoms with Gasteiger partial charge in [0.25, 0.3) is 11.8 Å². The molecule has 0 aliphatic carbocycles. The minimum absolute atomic E-state index is 0.0455. The van der Waals surface area contributed by atoms with Gasteiger partial charge >= 0.3 is 0 Å². The quantitative estimate of drug-likeness (QED) is 0.549. The van der Waals surface area contributed by atoms with Crippen molar-refractivity contribution < 1.29 is 19.1 Å². The van der Waals surface area contributed by atoms with Crippen LogP contribution in [-0.2, 0) is 20.9 Å². The predicted molar refractivity (Wildman–Crippen MR) is 114 cm³/mol. The van der Waals surface area contributed by atoms with Crippen molar-refractivity contribution in [3.63, 3.8) is 0 Å². The zero-order valence-electron chi connectivity index (χ0n) is 16.1. The zero-order chi connectivity index (χ0) is 20.9. The van der Waals surface area contributed by atoms with Gasteiger partial charge in [-0.1, -0.05) is 42.5 Å². The average molecular weight is 420 g/mol. The fourth-order valence-electron chi connectivity index (χ4n) is 3.40. The van der Waals surface area contributed by atoms with E-state index in [9.17, 15) is 14.4 Å². The first-order chi connectivity index (χ1) is 14.6. The maximum atomic E-state index is 13.1. The van der Waals surface area contributed by atoms with Crippen molar-refractivity contribution >= 4 is 34.7 Å². The van der Waals surface area contributed by atoms with E-state index in [2.05, 4.69) is 0 Å². The molecule has 4 rings (SSSR count). The van der Waals surface area contributed by atoms with E-state index in [-0.39, 0.29) is 31.4 Å². The second kappa shape index (κ2) is 8.92. The molecule has 0 N–H and O–H groups in total. The summed E-state index contributed by atoms with van der Waals surface area (Å²) in [5.41, 5.74) is 0.513. The van der Waals surface area contributed by atoms with Gasteiger partial charge in [-0.15, -0.1) is 11.3 Å². The maximum Gasteiger partial charge on any atom is 0.261 e. The summed E-state index contributed by atoms with van der Waals surface area (Å²) in [5, 5.41) is 1.91. The van der Waals surface area contributed by atoms with E-state index in [1.54, 1.807) is 36.4 Å². The van der Waals surface area contributed by atoms with Gasteiger partial charge in [0.1, 0.15) is 11.8 Å². The van der Waals surface area contributed by atoms with E-state index >= 15 is 0 Å². The Bertz CT molecular complexity index is 1020. The van der Waals surface area contributed by atoms with Crippen molar-refractivity contribution in [3.8, 4) is 5.75 Å². The highest BCUT2D eigenvalue weighted by atomic mass is 32.1. The van der Waals surface area contributed by atoms with Gasteiger partial charge in [-0.3, -0.25) is 14.4 Å². The molecule has 1 aromatic heterocycles. The molecule has 152 valence electrons. The monoisotopic (exact) mass is 420 g/mol. The first kappa shape index (κ1) is 19.8. The number of anilines is 1. The minimum Gasteiger partial charge on any atom is -0.484 e. The van der Waals surface area contributed by atoms with E-state index in [1.165, 1.54) is 16.2 Å². The molecule has 1 aliphatic heterocycles. The molecule has 3 amide bonds. The van der Waals surface area contributed by atoms with Crippen LogP contribution in [0.1, 0.15) is 11.3 Å². The Labute approximate surface area is 178 Å². The van der Waals surface area contributed by atoms with Crippen LogP contribution in [0.2, 0.25) is 0 Å². The zero-order valence-corrected chi connectivity index (χ0v) is 17.0. The van der Waals surface area contributed by atoms with Crippen LogP contribution in [0.4, 0.5) is 5.69 Å². The number of imide groups is 1. The molecule has 6 nitrogen and oxygen atoms in total. The lowest BCUT2D eigenvalue weighted by Gasteiger charge is -2.27. The lowest BCUT2D eigenvalue weighted by molar-refractivity contribution is -0.140. The van der Waals surface area contributed by atoms with Gasteiger partial charge in [0.2, 0.25) is 5.91 Å². The molecule has 2 aromatic carbocycles. The second-order valence-electron chi connectivity index (χ2n) is 6.83. The summed E-state index contributed by atoms with van der Waals surface area (Å²) in [6, 6.07) is 20.7. The topological polar surface area (TPSA) is 66.9 Å². The molecule has 1 fully saturated rings. The smallest absolute Gasteiger partial charge is 0.261 e. The Balaban J connectivity index is 1.55. The van der Waals surface area contributed by atoms with Crippen molar-refractivity contribution in [1.29, 1.82) is 0 Å². The average Bonchev–Trinajstić information content (AvgIpc) is 3.39. The molecule has 2 heterocycles. The Morgan fingerprint density at radius 3 is 2.37 bits per heavy atom. The van der Waals surface area contributed by atoms with Gasteiger partial charge in [0.05, 0.1) is 18.7 Å². The van der Waals surface area contributed by atoms with Crippen LogP contribution < -0.4 is 9.64 Å². The largest absolute Gasteiger partial charge is 0.484 e. The summed E-state index contributed by atoms with van der Waals surface area (Å²) in [6.45, 7) is 0.0413. The van der Waals surface area contributed by atoms with Crippen LogP contribution in [0, 0.1) is 0 Å². The molecule has 1 unspecified atom stereocenters. The molecule has 30 heavy (non-hydrogen) atoms. The van der Waals surface area contributed by atoms with Crippen molar-refractivity contribution in [2.45, 2.75) is 19.0 Å². The number of carbonyl (C=O) groups is 3. The number of amides is 3. The summed E-state index contributed by atoms with van der Waals surface area (Å²) < 4.78 is 5.60. The summed E-state index contributed by atoms with van der Waals surface area (Å²) in [6.07, 6.45) is -0.0455. The Hall–Kier alpha value is -3.45.